The summed E-state index contributed by atoms with van der Waals surface area (Å²) in [6.45, 7) is 5.36. The summed E-state index contributed by atoms with van der Waals surface area (Å²) in [5.41, 5.74) is 0. The Hall–Kier alpha value is -1.86. The molecule has 2 N–H and O–H groups in total. The predicted molar refractivity (Wildman–Crippen MR) is 100 cm³/mol. The fourth-order valence-corrected chi connectivity index (χ4v) is 2.57. The van der Waals surface area contributed by atoms with Crippen molar-refractivity contribution in [3.8, 4) is 5.75 Å². The van der Waals surface area contributed by atoms with Crippen molar-refractivity contribution in [3.63, 3.8) is 0 Å². The van der Waals surface area contributed by atoms with E-state index in [4.69, 9.17) is 14.2 Å². The lowest BCUT2D eigenvalue weighted by Crippen LogP contribution is -2.38. The highest BCUT2D eigenvalue weighted by Crippen LogP contribution is 2.12. The van der Waals surface area contributed by atoms with Gasteiger partial charge in [-0.15, -0.1) is 0 Å². The van der Waals surface area contributed by atoms with Gasteiger partial charge in [-0.25, -0.2) is 4.39 Å². The van der Waals surface area contributed by atoms with Gasteiger partial charge >= 0.3 is 0 Å². The minimum absolute atomic E-state index is 0.258. The number of guanidine groups is 1. The van der Waals surface area contributed by atoms with Crippen molar-refractivity contribution in [2.75, 3.05) is 53.2 Å². The predicted octanol–water partition coefficient (Wildman–Crippen LogP) is 2.20. The molecule has 2 rings (SSSR count). The molecule has 1 aliphatic rings. The molecule has 0 amide bonds. The summed E-state index contributed by atoms with van der Waals surface area (Å²) in [5, 5.41) is 6.51. The number of hydrogen-bond donors (Lipinski definition) is 2. The quantitative estimate of drug-likeness (QED) is 0.357. The number of nitrogens with zero attached hydrogens (tertiary/aromatic N) is 1. The van der Waals surface area contributed by atoms with Crippen LogP contribution in [0, 0.1) is 11.7 Å². The van der Waals surface area contributed by atoms with Gasteiger partial charge in [-0.2, -0.15) is 0 Å². The first-order chi connectivity index (χ1) is 12.8. The maximum Gasteiger partial charge on any atom is 0.190 e. The first kappa shape index (κ1) is 20.5. The van der Waals surface area contributed by atoms with E-state index in [0.717, 1.165) is 64.7 Å². The average Bonchev–Trinajstić information content (AvgIpc) is 3.17. The SMILES string of the molecule is CN=C(NCCCOCC1CCOC1)NCCCOc1ccc(F)cc1. The molecule has 146 valence electrons. The second-order valence-corrected chi connectivity index (χ2v) is 6.24. The number of benzene rings is 1. The van der Waals surface area contributed by atoms with Crippen molar-refractivity contribution in [3.05, 3.63) is 30.1 Å². The van der Waals surface area contributed by atoms with Gasteiger partial charge in [0, 0.05) is 39.3 Å². The molecule has 0 saturated carbocycles. The van der Waals surface area contributed by atoms with Gasteiger partial charge in [-0.1, -0.05) is 0 Å². The third-order valence-electron chi connectivity index (χ3n) is 4.05. The van der Waals surface area contributed by atoms with Crippen molar-refractivity contribution >= 4 is 5.96 Å². The van der Waals surface area contributed by atoms with Crippen molar-refractivity contribution in [1.82, 2.24) is 10.6 Å². The lowest BCUT2D eigenvalue weighted by Gasteiger charge is -2.13. The topological polar surface area (TPSA) is 64.1 Å². The van der Waals surface area contributed by atoms with E-state index < -0.39 is 0 Å². The summed E-state index contributed by atoms with van der Waals surface area (Å²) < 4.78 is 29.4. The second-order valence-electron chi connectivity index (χ2n) is 6.24. The first-order valence-corrected chi connectivity index (χ1v) is 9.26. The molecule has 1 unspecified atom stereocenters. The summed E-state index contributed by atoms with van der Waals surface area (Å²) in [6.07, 6.45) is 2.87. The molecular weight excluding hydrogens is 337 g/mol. The van der Waals surface area contributed by atoms with Crippen LogP contribution in [-0.2, 0) is 9.47 Å². The monoisotopic (exact) mass is 367 g/mol. The van der Waals surface area contributed by atoms with Gasteiger partial charge < -0.3 is 24.8 Å². The Kier molecular flexibility index (Phi) is 9.82. The zero-order valence-corrected chi connectivity index (χ0v) is 15.5. The fraction of sp³-hybridized carbons (Fsp3) is 0.632. The molecule has 1 atom stereocenters. The van der Waals surface area contributed by atoms with Crippen LogP contribution in [-0.4, -0.2) is 59.1 Å². The van der Waals surface area contributed by atoms with Crippen LogP contribution in [0.4, 0.5) is 4.39 Å². The van der Waals surface area contributed by atoms with Crippen LogP contribution in [0.3, 0.4) is 0 Å². The standard InChI is InChI=1S/C19H30FN3O3/c1-21-19(22-9-2-11-24-14-16-8-13-25-15-16)23-10-3-12-26-18-6-4-17(20)5-7-18/h4-7,16H,2-3,8-15H2,1H3,(H2,21,22,23). The highest BCUT2D eigenvalue weighted by molar-refractivity contribution is 5.79. The maximum absolute atomic E-state index is 12.8. The van der Waals surface area contributed by atoms with Crippen LogP contribution in [0.15, 0.2) is 29.3 Å². The second kappa shape index (κ2) is 12.5. The molecule has 1 saturated heterocycles. The molecule has 1 aromatic rings. The Bertz CT molecular complexity index is 519. The Morgan fingerprint density at radius 3 is 2.58 bits per heavy atom. The van der Waals surface area contributed by atoms with E-state index in [1.807, 2.05) is 0 Å². The van der Waals surface area contributed by atoms with Crippen LogP contribution in [0.1, 0.15) is 19.3 Å². The van der Waals surface area contributed by atoms with E-state index in [1.165, 1.54) is 12.1 Å². The highest BCUT2D eigenvalue weighted by Gasteiger charge is 2.15. The van der Waals surface area contributed by atoms with Crippen molar-refractivity contribution < 1.29 is 18.6 Å². The summed E-state index contributed by atoms with van der Waals surface area (Å²) in [5.74, 6) is 1.76. The lowest BCUT2D eigenvalue weighted by atomic mass is 10.1. The molecule has 7 heteroatoms. The van der Waals surface area contributed by atoms with Crippen LogP contribution >= 0.6 is 0 Å². The van der Waals surface area contributed by atoms with E-state index >= 15 is 0 Å². The summed E-state index contributed by atoms with van der Waals surface area (Å²) in [6, 6.07) is 6.05. The molecule has 26 heavy (non-hydrogen) atoms. The van der Waals surface area contributed by atoms with Crippen LogP contribution in [0.25, 0.3) is 0 Å². The van der Waals surface area contributed by atoms with Gasteiger partial charge in [-0.05, 0) is 43.5 Å². The van der Waals surface area contributed by atoms with Crippen molar-refractivity contribution in [2.45, 2.75) is 19.3 Å². The van der Waals surface area contributed by atoms with E-state index in [2.05, 4.69) is 15.6 Å². The molecule has 0 bridgehead atoms. The Morgan fingerprint density at radius 2 is 1.92 bits per heavy atom. The molecule has 1 aliphatic heterocycles. The smallest absolute Gasteiger partial charge is 0.190 e. The molecule has 0 aromatic heterocycles. The highest BCUT2D eigenvalue weighted by atomic mass is 19.1. The zero-order chi connectivity index (χ0) is 18.5. The first-order valence-electron chi connectivity index (χ1n) is 9.26. The Labute approximate surface area is 155 Å². The molecule has 1 heterocycles. The third kappa shape index (κ3) is 8.49. The molecular formula is C19H30FN3O3. The lowest BCUT2D eigenvalue weighted by molar-refractivity contribution is 0.0888. The number of halogens is 1. The van der Waals surface area contributed by atoms with Gasteiger partial charge in [-0.3, -0.25) is 4.99 Å². The molecule has 1 aromatic carbocycles. The molecule has 0 radical (unpaired) electrons. The van der Waals surface area contributed by atoms with Crippen LogP contribution in [0.5, 0.6) is 5.75 Å². The van der Waals surface area contributed by atoms with Gasteiger partial charge in [0.05, 0.1) is 19.8 Å². The molecule has 0 spiro atoms. The molecule has 6 nitrogen and oxygen atoms in total. The molecule has 1 fully saturated rings. The maximum atomic E-state index is 12.8. The van der Waals surface area contributed by atoms with Crippen LogP contribution < -0.4 is 15.4 Å². The van der Waals surface area contributed by atoms with E-state index in [0.29, 0.717) is 18.3 Å². The Morgan fingerprint density at radius 1 is 1.19 bits per heavy atom. The Balaban J connectivity index is 1.43. The summed E-state index contributed by atoms with van der Waals surface area (Å²) in [4.78, 5) is 4.19. The zero-order valence-electron chi connectivity index (χ0n) is 15.5. The van der Waals surface area contributed by atoms with Crippen molar-refractivity contribution in [2.24, 2.45) is 10.9 Å². The average molecular weight is 367 g/mol. The number of aliphatic imine (C=N–C) groups is 1. The minimum Gasteiger partial charge on any atom is -0.494 e. The molecule has 0 aliphatic carbocycles. The van der Waals surface area contributed by atoms with E-state index in [9.17, 15) is 4.39 Å². The normalized spacial score (nSPS) is 17.3. The number of rotatable bonds is 11. The summed E-state index contributed by atoms with van der Waals surface area (Å²) in [7, 11) is 1.75. The minimum atomic E-state index is -0.258. The summed E-state index contributed by atoms with van der Waals surface area (Å²) >= 11 is 0. The largest absolute Gasteiger partial charge is 0.494 e. The fourth-order valence-electron chi connectivity index (χ4n) is 2.57. The number of nitrogens with one attached hydrogen (secondary N) is 2. The number of hydrogen-bond acceptors (Lipinski definition) is 4. The third-order valence-corrected chi connectivity index (χ3v) is 4.05. The van der Waals surface area contributed by atoms with Gasteiger partial charge in [0.2, 0.25) is 0 Å². The van der Waals surface area contributed by atoms with Crippen molar-refractivity contribution in [1.29, 1.82) is 0 Å². The van der Waals surface area contributed by atoms with Gasteiger partial charge in [0.25, 0.3) is 0 Å². The van der Waals surface area contributed by atoms with E-state index in [1.54, 1.807) is 19.2 Å². The van der Waals surface area contributed by atoms with E-state index in [-0.39, 0.29) is 5.82 Å². The van der Waals surface area contributed by atoms with Gasteiger partial charge in [0.1, 0.15) is 11.6 Å². The number of ether oxygens (including phenoxy) is 3. The van der Waals surface area contributed by atoms with Crippen LogP contribution in [0.2, 0.25) is 0 Å². The van der Waals surface area contributed by atoms with Gasteiger partial charge in [0.15, 0.2) is 5.96 Å².